The predicted molar refractivity (Wildman–Crippen MR) is 130 cm³/mol. The number of rotatable bonds is 12. The van der Waals surface area contributed by atoms with Gasteiger partial charge >= 0.3 is 0 Å². The Morgan fingerprint density at radius 2 is 1.69 bits per heavy atom. The van der Waals surface area contributed by atoms with E-state index in [4.69, 9.17) is 19.3 Å². The summed E-state index contributed by atoms with van der Waals surface area (Å²) in [6, 6.07) is 12.0. The van der Waals surface area contributed by atoms with Gasteiger partial charge in [-0.15, -0.1) is 0 Å². The molecule has 3 aromatic rings. The molecule has 0 saturated carbocycles. The number of carbonyl (C=O) groups excluding carboxylic acids is 2. The van der Waals surface area contributed by atoms with Crippen LogP contribution in [0.25, 0.3) is 11.3 Å². The van der Waals surface area contributed by atoms with Gasteiger partial charge in [0.25, 0.3) is 0 Å². The number of ether oxygens (including phenoxy) is 3. The van der Waals surface area contributed by atoms with Gasteiger partial charge in [-0.05, 0) is 61.0 Å². The van der Waals surface area contributed by atoms with Crippen molar-refractivity contribution in [3.63, 3.8) is 0 Å². The molecule has 0 radical (unpaired) electrons. The van der Waals surface area contributed by atoms with Gasteiger partial charge < -0.3 is 24.4 Å². The number of aliphatic hydroxyl groups excluding tert-OH is 2. The Kier molecular flexibility index (Phi) is 9.10. The third kappa shape index (κ3) is 6.05. The molecule has 0 spiro atoms. The molecule has 0 bridgehead atoms. The summed E-state index contributed by atoms with van der Waals surface area (Å²) >= 11 is 0. The number of aromatic nitrogens is 1. The number of aryl methyl sites for hydroxylation is 1. The molecule has 2 N–H and O–H groups in total. The van der Waals surface area contributed by atoms with Crippen LogP contribution in [0.15, 0.2) is 48.5 Å². The second-order valence-corrected chi connectivity index (χ2v) is 8.02. The molecule has 0 aliphatic carbocycles. The quantitative estimate of drug-likeness (QED) is 0.365. The Morgan fingerprint density at radius 1 is 0.972 bits per heavy atom. The minimum atomic E-state index is -1.03. The fraction of sp³-hybridized carbons (Fsp3) is 0.296. The zero-order valence-electron chi connectivity index (χ0n) is 20.3. The molecule has 0 aliphatic heterocycles. The van der Waals surface area contributed by atoms with Crippen molar-refractivity contribution in [1.82, 2.24) is 4.98 Å². The highest BCUT2D eigenvalue weighted by Gasteiger charge is 2.26. The highest BCUT2D eigenvalue weighted by atomic mass is 19.1. The Labute approximate surface area is 208 Å². The maximum Gasteiger partial charge on any atom is 0.187 e. The predicted octanol–water partition coefficient (Wildman–Crippen LogP) is 3.65. The molecular formula is C27H28FNO7. The van der Waals surface area contributed by atoms with Crippen LogP contribution in [0.2, 0.25) is 0 Å². The summed E-state index contributed by atoms with van der Waals surface area (Å²) in [5, 5.41) is 18.9. The van der Waals surface area contributed by atoms with Gasteiger partial charge in [-0.1, -0.05) is 0 Å². The number of nitrogens with zero attached hydrogens (tertiary/aromatic N) is 1. The standard InChI is InChI=1S/C27H28FNO7/c1-16-12-18(4-6-20(16)28)26-24(34-2)9-7-21(29-26)27(33)19(15-31)13-22(32)17-5-8-23(36-11-10-30)25(14-17)35-3/h4-9,12,14,19,30-31H,10-11,13,15H2,1-3H3/t19-/m1/s1. The normalized spacial score (nSPS) is 11.6. The van der Waals surface area contributed by atoms with Crippen LogP contribution in [-0.4, -0.2) is 60.8 Å². The Bertz CT molecular complexity index is 1240. The van der Waals surface area contributed by atoms with Crippen molar-refractivity contribution in [2.75, 3.05) is 34.0 Å². The lowest BCUT2D eigenvalue weighted by Crippen LogP contribution is -2.23. The number of hydrogen-bond donors (Lipinski definition) is 2. The van der Waals surface area contributed by atoms with Gasteiger partial charge in [0.15, 0.2) is 23.1 Å². The molecule has 0 amide bonds. The van der Waals surface area contributed by atoms with Gasteiger partial charge in [0.1, 0.15) is 29.6 Å². The monoisotopic (exact) mass is 497 g/mol. The van der Waals surface area contributed by atoms with Crippen molar-refractivity contribution in [3.05, 3.63) is 71.2 Å². The lowest BCUT2D eigenvalue weighted by atomic mass is 9.93. The van der Waals surface area contributed by atoms with Gasteiger partial charge in [0, 0.05) is 17.5 Å². The molecule has 190 valence electrons. The fourth-order valence-corrected chi connectivity index (χ4v) is 3.65. The average Bonchev–Trinajstić information content (AvgIpc) is 2.91. The summed E-state index contributed by atoms with van der Waals surface area (Å²) < 4.78 is 29.7. The lowest BCUT2D eigenvalue weighted by Gasteiger charge is -2.15. The maximum atomic E-state index is 13.8. The summed E-state index contributed by atoms with van der Waals surface area (Å²) in [5.41, 5.74) is 1.64. The number of halogens is 1. The van der Waals surface area contributed by atoms with Crippen molar-refractivity contribution >= 4 is 11.6 Å². The van der Waals surface area contributed by atoms with Gasteiger partial charge in [-0.2, -0.15) is 0 Å². The van der Waals surface area contributed by atoms with E-state index in [0.29, 0.717) is 34.1 Å². The van der Waals surface area contributed by atoms with Crippen molar-refractivity contribution in [1.29, 1.82) is 0 Å². The molecule has 36 heavy (non-hydrogen) atoms. The van der Waals surface area contributed by atoms with Crippen LogP contribution in [-0.2, 0) is 0 Å². The number of methoxy groups -OCH3 is 2. The molecule has 1 aromatic heterocycles. The van der Waals surface area contributed by atoms with Crippen LogP contribution in [0.4, 0.5) is 4.39 Å². The topological polar surface area (TPSA) is 115 Å². The molecule has 1 atom stereocenters. The SMILES string of the molecule is COc1cc(C(=O)C[C@H](CO)C(=O)c2ccc(OC)c(-c3ccc(F)c(C)c3)n2)ccc1OCCO. The van der Waals surface area contributed by atoms with Crippen LogP contribution >= 0.6 is 0 Å². The van der Waals surface area contributed by atoms with Crippen LogP contribution in [0.5, 0.6) is 17.2 Å². The number of ketones is 2. The molecule has 8 nitrogen and oxygen atoms in total. The van der Waals surface area contributed by atoms with Crippen molar-refractivity contribution in [2.45, 2.75) is 13.3 Å². The summed E-state index contributed by atoms with van der Waals surface area (Å²) in [5.74, 6) is -1.22. The number of carbonyl (C=O) groups is 2. The van der Waals surface area contributed by atoms with Crippen molar-refractivity contribution < 1.29 is 38.4 Å². The first-order valence-electron chi connectivity index (χ1n) is 11.2. The molecule has 0 fully saturated rings. The number of aliphatic hydroxyl groups is 2. The van der Waals surface area contributed by atoms with Gasteiger partial charge in [-0.3, -0.25) is 9.59 Å². The van der Waals surface area contributed by atoms with E-state index in [-0.39, 0.29) is 42.5 Å². The second kappa shape index (κ2) is 12.2. The Balaban J connectivity index is 1.85. The molecular weight excluding hydrogens is 469 g/mol. The number of benzene rings is 2. The van der Waals surface area contributed by atoms with Gasteiger partial charge in [0.05, 0.1) is 33.4 Å². The number of Topliss-reactive ketones (excluding diaryl/α,β-unsaturated/α-hetero) is 2. The highest BCUT2D eigenvalue weighted by Crippen LogP contribution is 2.31. The third-order valence-electron chi connectivity index (χ3n) is 5.62. The van der Waals surface area contributed by atoms with E-state index in [1.807, 2.05) is 0 Å². The molecule has 0 aliphatic rings. The first-order valence-corrected chi connectivity index (χ1v) is 11.2. The second-order valence-electron chi connectivity index (χ2n) is 8.02. The summed E-state index contributed by atoms with van der Waals surface area (Å²) in [6.45, 7) is 0.956. The third-order valence-corrected chi connectivity index (χ3v) is 5.62. The smallest absolute Gasteiger partial charge is 0.187 e. The largest absolute Gasteiger partial charge is 0.494 e. The fourth-order valence-electron chi connectivity index (χ4n) is 3.65. The van der Waals surface area contributed by atoms with Crippen LogP contribution in [0.3, 0.4) is 0 Å². The lowest BCUT2D eigenvalue weighted by molar-refractivity contribution is 0.0787. The zero-order chi connectivity index (χ0) is 26.2. The van der Waals surface area contributed by atoms with E-state index in [1.165, 1.54) is 44.6 Å². The van der Waals surface area contributed by atoms with Gasteiger partial charge in [-0.25, -0.2) is 9.37 Å². The summed E-state index contributed by atoms with van der Waals surface area (Å²) in [6.07, 6.45) is -0.256. The number of hydrogen-bond acceptors (Lipinski definition) is 8. The molecule has 0 unspecified atom stereocenters. The van der Waals surface area contributed by atoms with Crippen molar-refractivity contribution in [2.24, 2.45) is 5.92 Å². The molecule has 0 saturated heterocycles. The maximum absolute atomic E-state index is 13.8. The van der Waals surface area contributed by atoms with E-state index in [0.717, 1.165) is 0 Å². The zero-order valence-corrected chi connectivity index (χ0v) is 20.3. The van der Waals surface area contributed by atoms with E-state index in [1.54, 1.807) is 25.1 Å². The van der Waals surface area contributed by atoms with E-state index in [9.17, 15) is 19.1 Å². The van der Waals surface area contributed by atoms with Crippen LogP contribution in [0, 0.1) is 18.7 Å². The van der Waals surface area contributed by atoms with E-state index < -0.39 is 18.3 Å². The van der Waals surface area contributed by atoms with E-state index in [2.05, 4.69) is 4.98 Å². The first kappa shape index (κ1) is 26.8. The molecule has 9 heteroatoms. The Hall–Kier alpha value is -3.82. The van der Waals surface area contributed by atoms with E-state index >= 15 is 0 Å². The average molecular weight is 498 g/mol. The van der Waals surface area contributed by atoms with Crippen molar-refractivity contribution in [3.8, 4) is 28.5 Å². The molecule has 1 heterocycles. The van der Waals surface area contributed by atoms with Gasteiger partial charge in [0.2, 0.25) is 0 Å². The minimum absolute atomic E-state index is 0.0463. The first-order chi connectivity index (χ1) is 17.3. The summed E-state index contributed by atoms with van der Waals surface area (Å²) in [7, 11) is 2.88. The van der Waals surface area contributed by atoms with Crippen LogP contribution < -0.4 is 14.2 Å². The Morgan fingerprint density at radius 3 is 2.33 bits per heavy atom. The highest BCUT2D eigenvalue weighted by molar-refractivity contribution is 6.03. The minimum Gasteiger partial charge on any atom is -0.494 e. The molecule has 2 aromatic carbocycles. The summed E-state index contributed by atoms with van der Waals surface area (Å²) in [4.78, 5) is 30.5. The number of pyridine rings is 1. The van der Waals surface area contributed by atoms with Crippen LogP contribution in [0.1, 0.15) is 32.8 Å². The molecule has 3 rings (SSSR count).